The first-order chi connectivity index (χ1) is 11.8. The molecule has 0 bridgehead atoms. The van der Waals surface area contributed by atoms with Crippen LogP contribution < -0.4 is 4.74 Å². The predicted molar refractivity (Wildman–Crippen MR) is 96.4 cm³/mol. The van der Waals surface area contributed by atoms with E-state index in [2.05, 4.69) is 12.1 Å². The molecule has 0 unspecified atom stereocenters. The summed E-state index contributed by atoms with van der Waals surface area (Å²) in [6.07, 6.45) is 4.40. The van der Waals surface area contributed by atoms with Crippen molar-refractivity contribution in [2.45, 2.75) is 64.8 Å². The molecule has 0 radical (unpaired) electrons. The van der Waals surface area contributed by atoms with Gasteiger partial charge in [-0.1, -0.05) is 26.0 Å². The van der Waals surface area contributed by atoms with Gasteiger partial charge in [0.2, 0.25) is 0 Å². The smallest absolute Gasteiger partial charge is 0.181 e. The Morgan fingerprint density at radius 1 is 1.36 bits per heavy atom. The average Bonchev–Trinajstić information content (AvgIpc) is 2.74. The first-order valence-electron chi connectivity index (χ1n) is 9.39. The zero-order valence-electron chi connectivity index (χ0n) is 15.7. The maximum absolute atomic E-state index is 12.6. The molecule has 1 aromatic carbocycles. The normalized spacial score (nSPS) is 37.8. The minimum absolute atomic E-state index is 0.0178. The monoisotopic (exact) mass is 346 g/mol. The number of benzene rings is 1. The minimum atomic E-state index is -1.32. The number of rotatable bonds is 5. The Hall–Kier alpha value is -1.39. The lowest BCUT2D eigenvalue weighted by atomic mass is 9.73. The first-order valence-corrected chi connectivity index (χ1v) is 9.39. The van der Waals surface area contributed by atoms with E-state index in [4.69, 9.17) is 9.47 Å². The number of hydrogen-bond acceptors (Lipinski definition) is 4. The summed E-state index contributed by atoms with van der Waals surface area (Å²) in [6.45, 7) is 5.73. The molecule has 2 aliphatic rings. The molecular formula is C21H30O4. The van der Waals surface area contributed by atoms with Crippen LogP contribution in [0.15, 0.2) is 24.3 Å². The van der Waals surface area contributed by atoms with Crippen LogP contribution in [0.4, 0.5) is 0 Å². The summed E-state index contributed by atoms with van der Waals surface area (Å²) >= 11 is 0. The van der Waals surface area contributed by atoms with Crippen LogP contribution in [-0.4, -0.2) is 29.9 Å². The van der Waals surface area contributed by atoms with Crippen molar-refractivity contribution >= 4 is 5.78 Å². The van der Waals surface area contributed by atoms with E-state index in [-0.39, 0.29) is 23.7 Å². The number of methoxy groups -OCH3 is 1. The molecule has 1 saturated heterocycles. The molecule has 1 saturated carbocycles. The van der Waals surface area contributed by atoms with Gasteiger partial charge in [0.15, 0.2) is 5.79 Å². The molecule has 5 atom stereocenters. The van der Waals surface area contributed by atoms with E-state index in [1.807, 2.05) is 32.9 Å². The maximum Gasteiger partial charge on any atom is 0.181 e. The summed E-state index contributed by atoms with van der Waals surface area (Å²) in [5, 5.41) is 11.2. The number of aliphatic hydroxyl groups is 1. The number of aryl methyl sites for hydroxylation is 1. The fourth-order valence-electron chi connectivity index (χ4n) is 4.61. The fraction of sp³-hybridized carbons (Fsp3) is 0.667. The van der Waals surface area contributed by atoms with Crippen LogP contribution in [0.5, 0.6) is 5.75 Å². The van der Waals surface area contributed by atoms with Crippen molar-refractivity contribution in [1.82, 2.24) is 0 Å². The largest absolute Gasteiger partial charge is 0.497 e. The van der Waals surface area contributed by atoms with Gasteiger partial charge in [-0.3, -0.25) is 4.79 Å². The average molecular weight is 346 g/mol. The van der Waals surface area contributed by atoms with Gasteiger partial charge in [0.05, 0.1) is 18.6 Å². The molecule has 0 spiro atoms. The molecule has 3 rings (SSSR count). The third-order valence-electron chi connectivity index (χ3n) is 6.55. The van der Waals surface area contributed by atoms with Gasteiger partial charge in [0.1, 0.15) is 11.5 Å². The Kier molecular flexibility index (Phi) is 4.95. The molecule has 1 N–H and O–H groups in total. The minimum Gasteiger partial charge on any atom is -0.497 e. The Labute approximate surface area is 150 Å². The highest BCUT2D eigenvalue weighted by Gasteiger charge is 2.66. The Morgan fingerprint density at radius 3 is 2.84 bits per heavy atom. The maximum atomic E-state index is 12.6. The van der Waals surface area contributed by atoms with Crippen molar-refractivity contribution < 1.29 is 19.4 Å². The van der Waals surface area contributed by atoms with Gasteiger partial charge in [0.25, 0.3) is 0 Å². The quantitative estimate of drug-likeness (QED) is 0.882. The molecule has 0 amide bonds. The topological polar surface area (TPSA) is 55.8 Å². The lowest BCUT2D eigenvalue weighted by Crippen LogP contribution is -2.55. The van der Waals surface area contributed by atoms with Crippen molar-refractivity contribution in [2.24, 2.45) is 17.3 Å². The summed E-state index contributed by atoms with van der Waals surface area (Å²) in [7, 11) is 1.68. The highest BCUT2D eigenvalue weighted by Crippen LogP contribution is 2.56. The second kappa shape index (κ2) is 6.73. The second-order valence-electron chi connectivity index (χ2n) is 7.99. The molecule has 25 heavy (non-hydrogen) atoms. The van der Waals surface area contributed by atoms with Gasteiger partial charge in [0, 0.05) is 11.8 Å². The number of ketones is 1. The number of fused-ring (bicyclic) bond motifs is 1. The van der Waals surface area contributed by atoms with Crippen molar-refractivity contribution in [3.8, 4) is 5.75 Å². The highest BCUT2D eigenvalue weighted by molar-refractivity contribution is 5.90. The lowest BCUT2D eigenvalue weighted by Gasteiger charge is -2.47. The molecule has 4 nitrogen and oxygen atoms in total. The van der Waals surface area contributed by atoms with Crippen LogP contribution in [0.1, 0.15) is 52.0 Å². The number of carbonyl (C=O) groups excluding carboxylic acids is 1. The van der Waals surface area contributed by atoms with E-state index in [9.17, 15) is 9.90 Å². The van der Waals surface area contributed by atoms with E-state index < -0.39 is 11.2 Å². The second-order valence-corrected chi connectivity index (χ2v) is 7.99. The van der Waals surface area contributed by atoms with Crippen molar-refractivity contribution in [1.29, 1.82) is 0 Å². The van der Waals surface area contributed by atoms with Crippen LogP contribution in [0.3, 0.4) is 0 Å². The Morgan fingerprint density at radius 2 is 2.12 bits per heavy atom. The summed E-state index contributed by atoms with van der Waals surface area (Å²) in [4.78, 5) is 12.6. The van der Waals surface area contributed by atoms with Crippen LogP contribution in [0.2, 0.25) is 0 Å². The molecule has 4 heteroatoms. The van der Waals surface area contributed by atoms with Crippen LogP contribution in [0.25, 0.3) is 0 Å². The third-order valence-corrected chi connectivity index (χ3v) is 6.55. The zero-order chi connectivity index (χ0) is 18.2. The number of hydrogen-bond donors (Lipinski definition) is 1. The van der Waals surface area contributed by atoms with Crippen LogP contribution in [-0.2, 0) is 16.0 Å². The van der Waals surface area contributed by atoms with E-state index in [0.717, 1.165) is 31.4 Å². The zero-order valence-corrected chi connectivity index (χ0v) is 15.7. The molecule has 1 aliphatic heterocycles. The Bertz CT molecular complexity index is 643. The molecular weight excluding hydrogens is 316 g/mol. The predicted octanol–water partition coefficient (Wildman–Crippen LogP) is 3.75. The molecule has 2 fully saturated rings. The van der Waals surface area contributed by atoms with Gasteiger partial charge < -0.3 is 14.6 Å². The van der Waals surface area contributed by atoms with E-state index in [1.165, 1.54) is 5.56 Å². The molecule has 138 valence electrons. The fourth-order valence-corrected chi connectivity index (χ4v) is 4.61. The standard InChI is InChI=1S/C21H30O4/c1-14-15(2)21(23)20(3,19(14)22)12-11-17(25-21)9-5-7-16-8-6-10-18(13-16)24-4/h6,8,10,13-15,17,23H,5,7,9,11-12H2,1-4H3/t14-,15-,17+,20-,21+/m0/s1. The SMILES string of the molecule is COc1cccc(CCC[C@@H]2CC[C@@]3(C)C(=O)[C@@H](C)[C@H](C)[C@@]3(O)O2)c1. The number of carbonyl (C=O) groups is 1. The summed E-state index contributed by atoms with van der Waals surface area (Å²) < 4.78 is 11.4. The van der Waals surface area contributed by atoms with Crippen molar-refractivity contribution in [2.75, 3.05) is 7.11 Å². The molecule has 1 heterocycles. The van der Waals surface area contributed by atoms with Gasteiger partial charge >= 0.3 is 0 Å². The summed E-state index contributed by atoms with van der Waals surface area (Å²) in [6, 6.07) is 8.12. The van der Waals surface area contributed by atoms with E-state index >= 15 is 0 Å². The van der Waals surface area contributed by atoms with Gasteiger partial charge in [-0.25, -0.2) is 0 Å². The number of Topliss-reactive ketones (excluding diaryl/α,β-unsaturated/α-hetero) is 1. The van der Waals surface area contributed by atoms with Crippen molar-refractivity contribution in [3.05, 3.63) is 29.8 Å². The molecule has 0 aromatic heterocycles. The first kappa shape index (κ1) is 18.4. The highest BCUT2D eigenvalue weighted by atomic mass is 16.6. The molecule has 1 aromatic rings. The van der Waals surface area contributed by atoms with Gasteiger partial charge in [-0.15, -0.1) is 0 Å². The van der Waals surface area contributed by atoms with E-state index in [0.29, 0.717) is 6.42 Å². The lowest BCUT2D eigenvalue weighted by molar-refractivity contribution is -0.315. The van der Waals surface area contributed by atoms with Crippen molar-refractivity contribution in [3.63, 3.8) is 0 Å². The van der Waals surface area contributed by atoms with E-state index in [1.54, 1.807) is 7.11 Å². The van der Waals surface area contributed by atoms with Gasteiger partial charge in [-0.2, -0.15) is 0 Å². The summed E-state index contributed by atoms with van der Waals surface area (Å²) in [5.74, 6) is -0.597. The third kappa shape index (κ3) is 3.00. The van der Waals surface area contributed by atoms with Gasteiger partial charge in [-0.05, 0) is 56.7 Å². The Balaban J connectivity index is 1.60. The molecule has 1 aliphatic carbocycles. The number of ether oxygens (including phenoxy) is 2. The van der Waals surface area contributed by atoms with Crippen LogP contribution >= 0.6 is 0 Å². The van der Waals surface area contributed by atoms with Crippen LogP contribution in [0, 0.1) is 17.3 Å². The summed E-state index contributed by atoms with van der Waals surface area (Å²) in [5.41, 5.74) is 0.492.